The third-order valence-electron chi connectivity index (χ3n) is 4.52. The Bertz CT molecular complexity index is 1030. The summed E-state index contributed by atoms with van der Waals surface area (Å²) in [6.07, 6.45) is 3.36. The second-order valence-corrected chi connectivity index (χ2v) is 8.02. The summed E-state index contributed by atoms with van der Waals surface area (Å²) in [7, 11) is 3.02. The zero-order valence-corrected chi connectivity index (χ0v) is 19.2. The number of halogens is 1. The van der Waals surface area contributed by atoms with Crippen molar-refractivity contribution in [2.24, 2.45) is 0 Å². The maximum absolute atomic E-state index is 12.5. The monoisotopic (exact) mass is 461 g/mol. The van der Waals surface area contributed by atoms with E-state index >= 15 is 0 Å². The summed E-state index contributed by atoms with van der Waals surface area (Å²) in [6.45, 7) is 2.18. The molecule has 3 aromatic rings. The Morgan fingerprint density at radius 3 is 2.58 bits per heavy atom. The van der Waals surface area contributed by atoms with Gasteiger partial charge >= 0.3 is 0 Å². The van der Waals surface area contributed by atoms with Crippen molar-refractivity contribution in [1.82, 2.24) is 20.2 Å². The molecule has 0 saturated heterocycles. The van der Waals surface area contributed by atoms with Gasteiger partial charge in [0.15, 0.2) is 0 Å². The molecule has 2 aromatic carbocycles. The number of rotatable bonds is 10. The topological polar surface area (TPSA) is 91.2 Å². The highest BCUT2D eigenvalue weighted by Crippen LogP contribution is 2.36. The van der Waals surface area contributed by atoms with E-state index in [1.165, 1.54) is 31.5 Å². The molecule has 1 heterocycles. The fourth-order valence-corrected chi connectivity index (χ4v) is 3.82. The van der Waals surface area contributed by atoms with E-state index in [0.717, 1.165) is 24.9 Å². The average molecular weight is 462 g/mol. The highest BCUT2D eigenvalue weighted by atomic mass is 35.5. The van der Waals surface area contributed by atoms with Crippen LogP contribution in [0.5, 0.6) is 11.5 Å². The van der Waals surface area contributed by atoms with Crippen LogP contribution in [0.4, 0.5) is 5.69 Å². The number of benzene rings is 2. The molecule has 0 aliphatic carbocycles. The molecule has 10 heteroatoms. The molecule has 0 spiro atoms. The van der Waals surface area contributed by atoms with Gasteiger partial charge in [-0.25, -0.2) is 0 Å². The van der Waals surface area contributed by atoms with Gasteiger partial charge in [-0.3, -0.25) is 4.79 Å². The Hall–Kier alpha value is -2.78. The van der Waals surface area contributed by atoms with Crippen molar-refractivity contribution in [3.05, 3.63) is 47.0 Å². The first-order chi connectivity index (χ1) is 15.0. The van der Waals surface area contributed by atoms with Crippen LogP contribution in [-0.2, 0) is 11.2 Å². The largest absolute Gasteiger partial charge is 0.495 e. The van der Waals surface area contributed by atoms with Gasteiger partial charge in [0.1, 0.15) is 11.5 Å². The van der Waals surface area contributed by atoms with E-state index in [4.69, 9.17) is 21.1 Å². The molecular formula is C21H24ClN5O3S. The Morgan fingerprint density at radius 2 is 1.90 bits per heavy atom. The lowest BCUT2D eigenvalue weighted by Crippen LogP contribution is -2.15. The Morgan fingerprint density at radius 1 is 1.16 bits per heavy atom. The molecule has 0 atom stereocenters. The van der Waals surface area contributed by atoms with E-state index in [1.807, 2.05) is 12.1 Å². The fraction of sp³-hybridized carbons (Fsp3) is 0.333. The molecule has 31 heavy (non-hydrogen) atoms. The number of thioether (sulfide) groups is 1. The van der Waals surface area contributed by atoms with E-state index in [9.17, 15) is 4.79 Å². The van der Waals surface area contributed by atoms with E-state index < -0.39 is 0 Å². The quantitative estimate of drug-likeness (QED) is 0.447. The standard InChI is InChI=1S/C21H24ClN5O3S/c1-4-5-6-14-7-9-15(10-8-14)27-21(24-25-26-27)31-13-20(28)23-17-11-16(22)18(29-2)12-19(17)30-3/h7-12H,4-6,13H2,1-3H3,(H,23,28). The summed E-state index contributed by atoms with van der Waals surface area (Å²) in [5, 5.41) is 15.5. The second kappa shape index (κ2) is 11.0. The average Bonchev–Trinajstić information content (AvgIpc) is 3.25. The van der Waals surface area contributed by atoms with Crippen molar-refractivity contribution in [3.8, 4) is 17.2 Å². The minimum Gasteiger partial charge on any atom is -0.495 e. The number of unbranched alkanes of at least 4 members (excludes halogenated alkanes) is 1. The molecule has 1 N–H and O–H groups in total. The number of anilines is 1. The molecule has 0 radical (unpaired) electrons. The zero-order chi connectivity index (χ0) is 22.2. The number of methoxy groups -OCH3 is 2. The van der Waals surface area contributed by atoms with Crippen molar-refractivity contribution in [2.45, 2.75) is 31.3 Å². The molecule has 0 unspecified atom stereocenters. The zero-order valence-electron chi connectivity index (χ0n) is 17.6. The number of carbonyl (C=O) groups excluding carboxylic acids is 1. The molecular weight excluding hydrogens is 438 g/mol. The molecule has 8 nitrogen and oxygen atoms in total. The van der Waals surface area contributed by atoms with Gasteiger partial charge in [0.05, 0.1) is 36.4 Å². The van der Waals surface area contributed by atoms with Crippen LogP contribution < -0.4 is 14.8 Å². The van der Waals surface area contributed by atoms with E-state index in [2.05, 4.69) is 39.9 Å². The van der Waals surface area contributed by atoms with Gasteiger partial charge < -0.3 is 14.8 Å². The first-order valence-electron chi connectivity index (χ1n) is 9.77. The minimum absolute atomic E-state index is 0.113. The van der Waals surface area contributed by atoms with Gasteiger partial charge in [-0.1, -0.05) is 48.8 Å². The molecule has 0 aliphatic heterocycles. The lowest BCUT2D eigenvalue weighted by molar-refractivity contribution is -0.113. The molecule has 0 bridgehead atoms. The summed E-state index contributed by atoms with van der Waals surface area (Å²) in [5.41, 5.74) is 2.58. The number of hydrogen-bond donors (Lipinski definition) is 1. The number of carbonyl (C=O) groups is 1. The van der Waals surface area contributed by atoms with E-state index in [0.29, 0.717) is 27.4 Å². The van der Waals surface area contributed by atoms with Gasteiger partial charge in [0, 0.05) is 6.07 Å². The highest BCUT2D eigenvalue weighted by molar-refractivity contribution is 7.99. The normalized spacial score (nSPS) is 10.7. The number of aryl methyl sites for hydroxylation is 1. The third-order valence-corrected chi connectivity index (χ3v) is 5.74. The second-order valence-electron chi connectivity index (χ2n) is 6.67. The fourth-order valence-electron chi connectivity index (χ4n) is 2.89. The Balaban J connectivity index is 1.64. The molecule has 164 valence electrons. The van der Waals surface area contributed by atoms with Gasteiger partial charge in [-0.15, -0.1) is 5.10 Å². The summed E-state index contributed by atoms with van der Waals surface area (Å²) in [6, 6.07) is 11.3. The van der Waals surface area contributed by atoms with Crippen LogP contribution in [0.15, 0.2) is 41.6 Å². The number of ether oxygens (including phenoxy) is 2. The van der Waals surface area contributed by atoms with Crippen LogP contribution in [-0.4, -0.2) is 46.1 Å². The molecule has 0 aliphatic rings. The minimum atomic E-state index is -0.242. The number of hydrogen-bond acceptors (Lipinski definition) is 7. The highest BCUT2D eigenvalue weighted by Gasteiger charge is 2.15. The van der Waals surface area contributed by atoms with Crippen LogP contribution in [0.2, 0.25) is 5.02 Å². The van der Waals surface area contributed by atoms with Gasteiger partial charge in [-0.2, -0.15) is 4.68 Å². The molecule has 1 amide bonds. The number of amides is 1. The van der Waals surface area contributed by atoms with Crippen molar-refractivity contribution < 1.29 is 14.3 Å². The number of nitrogens with one attached hydrogen (secondary N) is 1. The van der Waals surface area contributed by atoms with E-state index in [1.54, 1.807) is 16.8 Å². The van der Waals surface area contributed by atoms with Gasteiger partial charge in [0.2, 0.25) is 11.1 Å². The summed E-state index contributed by atoms with van der Waals surface area (Å²) >= 11 is 7.40. The Labute approximate surface area is 190 Å². The van der Waals surface area contributed by atoms with Crippen LogP contribution in [0.3, 0.4) is 0 Å². The molecule has 1 aromatic heterocycles. The van der Waals surface area contributed by atoms with Crippen molar-refractivity contribution in [1.29, 1.82) is 0 Å². The van der Waals surface area contributed by atoms with Crippen molar-refractivity contribution in [3.63, 3.8) is 0 Å². The van der Waals surface area contributed by atoms with Crippen LogP contribution >= 0.6 is 23.4 Å². The predicted octanol–water partition coefficient (Wildman–Crippen LogP) is 4.41. The predicted molar refractivity (Wildman–Crippen MR) is 122 cm³/mol. The first kappa shape index (κ1) is 22.9. The molecule has 3 rings (SSSR count). The van der Waals surface area contributed by atoms with Gasteiger partial charge in [-0.05, 0) is 47.0 Å². The van der Waals surface area contributed by atoms with Crippen LogP contribution in [0.25, 0.3) is 5.69 Å². The molecule has 0 saturated carbocycles. The van der Waals surface area contributed by atoms with Crippen molar-refractivity contribution >= 4 is 35.0 Å². The lowest BCUT2D eigenvalue weighted by atomic mass is 10.1. The van der Waals surface area contributed by atoms with Crippen LogP contribution in [0, 0.1) is 0 Å². The lowest BCUT2D eigenvalue weighted by Gasteiger charge is -2.13. The van der Waals surface area contributed by atoms with E-state index in [-0.39, 0.29) is 11.7 Å². The summed E-state index contributed by atoms with van der Waals surface area (Å²) < 4.78 is 12.1. The number of nitrogens with zero attached hydrogens (tertiary/aromatic N) is 4. The maximum atomic E-state index is 12.5. The van der Waals surface area contributed by atoms with Crippen LogP contribution in [0.1, 0.15) is 25.3 Å². The number of tetrazole rings is 1. The summed E-state index contributed by atoms with van der Waals surface area (Å²) in [4.78, 5) is 12.5. The SMILES string of the molecule is CCCCc1ccc(-n2nnnc2SCC(=O)Nc2cc(Cl)c(OC)cc2OC)cc1. The molecule has 0 fully saturated rings. The Kier molecular flexibility index (Phi) is 8.13. The smallest absolute Gasteiger partial charge is 0.234 e. The third kappa shape index (κ3) is 5.89. The number of aromatic nitrogens is 4. The maximum Gasteiger partial charge on any atom is 0.234 e. The summed E-state index contributed by atoms with van der Waals surface area (Å²) in [5.74, 6) is 0.786. The van der Waals surface area contributed by atoms with Crippen molar-refractivity contribution in [2.75, 3.05) is 25.3 Å². The first-order valence-corrected chi connectivity index (χ1v) is 11.1. The van der Waals surface area contributed by atoms with Gasteiger partial charge in [0.25, 0.3) is 0 Å².